The molecule has 2 unspecified atom stereocenters. The Morgan fingerprint density at radius 1 is 1.10 bits per heavy atom. The summed E-state index contributed by atoms with van der Waals surface area (Å²) in [7, 11) is 0. The van der Waals surface area contributed by atoms with Crippen LogP contribution in [0.5, 0.6) is 0 Å². The molecule has 1 saturated carbocycles. The monoisotopic (exact) mass is 283 g/mol. The average molecular weight is 283 g/mol. The molecule has 0 heterocycles. The molecule has 0 saturated heterocycles. The van der Waals surface area contributed by atoms with Crippen LogP contribution in [0.15, 0.2) is 48.5 Å². The molecule has 1 nitrogen and oxygen atoms in total. The van der Waals surface area contributed by atoms with Gasteiger partial charge < -0.3 is 5.73 Å². The molecule has 110 valence electrons. The van der Waals surface area contributed by atoms with E-state index in [0.29, 0.717) is 5.56 Å². The van der Waals surface area contributed by atoms with Gasteiger partial charge in [-0.3, -0.25) is 0 Å². The summed E-state index contributed by atoms with van der Waals surface area (Å²) in [5.41, 5.74) is 9.15. The SMILES string of the molecule is Cc1ccc(F)c(C2(N)CCCCC2c2ccccc2)c1. The third-order valence-corrected chi connectivity index (χ3v) is 4.78. The zero-order valence-electron chi connectivity index (χ0n) is 12.5. The maximum absolute atomic E-state index is 14.4. The van der Waals surface area contributed by atoms with E-state index in [-0.39, 0.29) is 11.7 Å². The van der Waals surface area contributed by atoms with Gasteiger partial charge in [0.15, 0.2) is 0 Å². The lowest BCUT2D eigenvalue weighted by Gasteiger charge is -2.42. The highest BCUT2D eigenvalue weighted by atomic mass is 19.1. The third-order valence-electron chi connectivity index (χ3n) is 4.78. The normalized spacial score (nSPS) is 25.8. The number of aryl methyl sites for hydroxylation is 1. The fourth-order valence-electron chi connectivity index (χ4n) is 3.67. The first kappa shape index (κ1) is 14.3. The summed E-state index contributed by atoms with van der Waals surface area (Å²) in [5, 5.41) is 0. The van der Waals surface area contributed by atoms with Crippen LogP contribution in [0, 0.1) is 12.7 Å². The summed E-state index contributed by atoms with van der Waals surface area (Å²) in [6, 6.07) is 15.6. The van der Waals surface area contributed by atoms with Crippen molar-refractivity contribution in [2.24, 2.45) is 5.73 Å². The minimum absolute atomic E-state index is 0.175. The molecule has 1 aliphatic carbocycles. The van der Waals surface area contributed by atoms with Crippen molar-refractivity contribution in [3.05, 3.63) is 71.0 Å². The second kappa shape index (κ2) is 5.61. The standard InChI is InChI=1S/C19H22FN/c1-14-10-11-18(20)17(13-14)19(21)12-6-5-9-16(19)15-7-3-2-4-8-15/h2-4,7-8,10-11,13,16H,5-6,9,12,21H2,1H3. The van der Waals surface area contributed by atoms with Gasteiger partial charge in [0.2, 0.25) is 0 Å². The molecule has 21 heavy (non-hydrogen) atoms. The molecule has 2 N–H and O–H groups in total. The molecular formula is C19H22FN. The highest BCUT2D eigenvalue weighted by Crippen LogP contribution is 2.46. The lowest BCUT2D eigenvalue weighted by atomic mass is 9.66. The topological polar surface area (TPSA) is 26.0 Å². The van der Waals surface area contributed by atoms with Crippen molar-refractivity contribution in [1.29, 1.82) is 0 Å². The molecule has 2 aromatic carbocycles. The average Bonchev–Trinajstić information content (AvgIpc) is 2.51. The summed E-state index contributed by atoms with van der Waals surface area (Å²) in [4.78, 5) is 0. The first-order valence-corrected chi connectivity index (χ1v) is 7.72. The van der Waals surface area contributed by atoms with Gasteiger partial charge >= 0.3 is 0 Å². The van der Waals surface area contributed by atoms with Gasteiger partial charge in [0, 0.05) is 11.5 Å². The maximum atomic E-state index is 14.4. The fourth-order valence-corrected chi connectivity index (χ4v) is 3.67. The van der Waals surface area contributed by atoms with Gasteiger partial charge in [0.05, 0.1) is 5.54 Å². The lowest BCUT2D eigenvalue weighted by Crippen LogP contribution is -2.45. The Labute approximate surface area is 126 Å². The largest absolute Gasteiger partial charge is 0.321 e. The van der Waals surface area contributed by atoms with Gasteiger partial charge in [-0.15, -0.1) is 0 Å². The van der Waals surface area contributed by atoms with Crippen molar-refractivity contribution in [3.63, 3.8) is 0 Å². The van der Waals surface area contributed by atoms with E-state index in [1.807, 2.05) is 37.3 Å². The van der Waals surface area contributed by atoms with Crippen LogP contribution in [0.25, 0.3) is 0 Å². The molecule has 0 amide bonds. The second-order valence-electron chi connectivity index (χ2n) is 6.23. The van der Waals surface area contributed by atoms with Crippen LogP contribution >= 0.6 is 0 Å². The number of rotatable bonds is 2. The van der Waals surface area contributed by atoms with E-state index in [0.717, 1.165) is 31.2 Å². The van der Waals surface area contributed by atoms with Gasteiger partial charge in [-0.1, -0.05) is 60.9 Å². The number of benzene rings is 2. The van der Waals surface area contributed by atoms with Crippen LogP contribution in [0.2, 0.25) is 0 Å². The summed E-state index contributed by atoms with van der Waals surface area (Å²) in [5.74, 6) is 0.00896. The minimum atomic E-state index is -0.601. The fraction of sp³-hybridized carbons (Fsp3) is 0.368. The molecule has 0 radical (unpaired) electrons. The predicted molar refractivity (Wildman–Crippen MR) is 84.7 cm³/mol. The molecule has 1 aliphatic rings. The van der Waals surface area contributed by atoms with Crippen LogP contribution < -0.4 is 5.73 Å². The van der Waals surface area contributed by atoms with Crippen LogP contribution in [0.3, 0.4) is 0 Å². The predicted octanol–water partition coefficient (Wildman–Crippen LogP) is 4.65. The van der Waals surface area contributed by atoms with Crippen LogP contribution in [0.1, 0.15) is 48.3 Å². The third kappa shape index (κ3) is 2.60. The highest BCUT2D eigenvalue weighted by molar-refractivity contribution is 5.36. The van der Waals surface area contributed by atoms with E-state index in [1.165, 1.54) is 5.56 Å². The molecule has 0 bridgehead atoms. The molecule has 2 heteroatoms. The van der Waals surface area contributed by atoms with E-state index in [9.17, 15) is 4.39 Å². The highest BCUT2D eigenvalue weighted by Gasteiger charge is 2.41. The molecule has 2 atom stereocenters. The molecule has 3 rings (SSSR count). The zero-order chi connectivity index (χ0) is 14.9. The van der Waals surface area contributed by atoms with E-state index in [2.05, 4.69) is 12.1 Å². The van der Waals surface area contributed by atoms with E-state index >= 15 is 0 Å². The Bertz CT molecular complexity index is 623. The van der Waals surface area contributed by atoms with E-state index in [4.69, 9.17) is 5.73 Å². The summed E-state index contributed by atoms with van der Waals surface area (Å²) >= 11 is 0. The number of hydrogen-bond acceptors (Lipinski definition) is 1. The number of nitrogens with two attached hydrogens (primary N) is 1. The number of halogens is 1. The number of hydrogen-bond donors (Lipinski definition) is 1. The first-order chi connectivity index (χ1) is 10.1. The minimum Gasteiger partial charge on any atom is -0.321 e. The summed E-state index contributed by atoms with van der Waals surface area (Å²) in [6.45, 7) is 1.99. The van der Waals surface area contributed by atoms with E-state index < -0.39 is 5.54 Å². The summed E-state index contributed by atoms with van der Waals surface area (Å²) < 4.78 is 14.4. The van der Waals surface area contributed by atoms with Gasteiger partial charge in [0.1, 0.15) is 5.82 Å². The smallest absolute Gasteiger partial charge is 0.128 e. The summed E-state index contributed by atoms with van der Waals surface area (Å²) in [6.07, 6.45) is 4.08. The van der Waals surface area contributed by atoms with Crippen molar-refractivity contribution >= 4 is 0 Å². The molecule has 0 aromatic heterocycles. The lowest BCUT2D eigenvalue weighted by molar-refractivity contribution is 0.247. The Hall–Kier alpha value is -1.67. The van der Waals surface area contributed by atoms with Crippen LogP contribution in [-0.2, 0) is 5.54 Å². The quantitative estimate of drug-likeness (QED) is 0.853. The van der Waals surface area contributed by atoms with Crippen molar-refractivity contribution in [1.82, 2.24) is 0 Å². The van der Waals surface area contributed by atoms with E-state index in [1.54, 1.807) is 6.07 Å². The molecule has 1 fully saturated rings. The Kier molecular flexibility index (Phi) is 3.81. The Balaban J connectivity index is 2.09. The van der Waals surface area contributed by atoms with Crippen LogP contribution in [0.4, 0.5) is 4.39 Å². The van der Waals surface area contributed by atoms with Crippen molar-refractivity contribution in [2.75, 3.05) is 0 Å². The van der Waals surface area contributed by atoms with Crippen molar-refractivity contribution in [2.45, 2.75) is 44.1 Å². The zero-order valence-corrected chi connectivity index (χ0v) is 12.5. The van der Waals surface area contributed by atoms with Crippen molar-refractivity contribution in [3.8, 4) is 0 Å². The molecule has 0 spiro atoms. The van der Waals surface area contributed by atoms with Gasteiger partial charge in [0.25, 0.3) is 0 Å². The van der Waals surface area contributed by atoms with Gasteiger partial charge in [-0.25, -0.2) is 4.39 Å². The first-order valence-electron chi connectivity index (χ1n) is 7.72. The maximum Gasteiger partial charge on any atom is 0.128 e. The Morgan fingerprint density at radius 2 is 1.86 bits per heavy atom. The molecule has 2 aromatic rings. The van der Waals surface area contributed by atoms with Crippen LogP contribution in [-0.4, -0.2) is 0 Å². The van der Waals surface area contributed by atoms with Gasteiger partial charge in [-0.2, -0.15) is 0 Å². The second-order valence-corrected chi connectivity index (χ2v) is 6.23. The molecular weight excluding hydrogens is 261 g/mol. The van der Waals surface area contributed by atoms with Crippen molar-refractivity contribution < 1.29 is 4.39 Å². The Morgan fingerprint density at radius 3 is 2.62 bits per heavy atom. The molecule has 0 aliphatic heterocycles. The van der Waals surface area contributed by atoms with Gasteiger partial charge in [-0.05, 0) is 31.4 Å².